The standard InChI is InChI=1S/C28H19NO3/c30-27(25-16-5-10-19-8-1-3-14-23(19)25)29-21-12-7-13-22(18-21)32-28(31)26-17-6-11-20-9-2-4-15-24(20)26/h1-18H,(H,29,30). The molecule has 0 saturated carbocycles. The van der Waals surface area contributed by atoms with Crippen LogP contribution in [0.1, 0.15) is 20.7 Å². The minimum atomic E-state index is -0.445. The molecule has 4 nitrogen and oxygen atoms in total. The molecule has 0 spiro atoms. The van der Waals surface area contributed by atoms with E-state index < -0.39 is 5.97 Å². The van der Waals surface area contributed by atoms with Crippen molar-refractivity contribution in [1.29, 1.82) is 0 Å². The van der Waals surface area contributed by atoms with Gasteiger partial charge in [-0.25, -0.2) is 4.79 Å². The molecule has 32 heavy (non-hydrogen) atoms. The summed E-state index contributed by atoms with van der Waals surface area (Å²) in [6.07, 6.45) is 0. The van der Waals surface area contributed by atoms with Crippen molar-refractivity contribution in [2.24, 2.45) is 0 Å². The smallest absolute Gasteiger partial charge is 0.344 e. The van der Waals surface area contributed by atoms with Crippen molar-refractivity contribution in [3.05, 3.63) is 120 Å². The van der Waals surface area contributed by atoms with Crippen LogP contribution in [0.4, 0.5) is 5.69 Å². The maximum absolute atomic E-state index is 12.9. The highest BCUT2D eigenvalue weighted by Crippen LogP contribution is 2.24. The van der Waals surface area contributed by atoms with Gasteiger partial charge in [-0.2, -0.15) is 0 Å². The van der Waals surface area contributed by atoms with Crippen LogP contribution in [-0.4, -0.2) is 11.9 Å². The number of nitrogens with one attached hydrogen (secondary N) is 1. The molecule has 4 heteroatoms. The van der Waals surface area contributed by atoms with Crippen molar-refractivity contribution in [1.82, 2.24) is 0 Å². The SMILES string of the molecule is O=C(Nc1cccc(OC(=O)c2cccc3ccccc23)c1)c1cccc2ccccc12. The third kappa shape index (κ3) is 3.82. The second kappa shape index (κ2) is 8.36. The Morgan fingerprint density at radius 3 is 1.88 bits per heavy atom. The minimum absolute atomic E-state index is 0.223. The molecule has 1 amide bonds. The predicted octanol–water partition coefficient (Wildman–Crippen LogP) is 6.46. The first-order valence-corrected chi connectivity index (χ1v) is 10.3. The summed E-state index contributed by atoms with van der Waals surface area (Å²) >= 11 is 0. The molecular formula is C28H19NO3. The molecule has 5 rings (SSSR count). The molecule has 0 fully saturated rings. The van der Waals surface area contributed by atoms with Gasteiger partial charge in [0, 0.05) is 17.3 Å². The van der Waals surface area contributed by atoms with Gasteiger partial charge in [0.1, 0.15) is 5.75 Å². The van der Waals surface area contributed by atoms with E-state index in [9.17, 15) is 9.59 Å². The van der Waals surface area contributed by atoms with Crippen LogP contribution in [0.15, 0.2) is 109 Å². The van der Waals surface area contributed by atoms with Gasteiger partial charge in [0.05, 0.1) is 5.56 Å². The summed E-state index contributed by atoms with van der Waals surface area (Å²) in [6.45, 7) is 0. The molecule has 154 valence electrons. The van der Waals surface area contributed by atoms with Crippen molar-refractivity contribution < 1.29 is 14.3 Å². The van der Waals surface area contributed by atoms with E-state index in [1.807, 2.05) is 72.8 Å². The Hall–Kier alpha value is -4.44. The van der Waals surface area contributed by atoms with Gasteiger partial charge < -0.3 is 10.1 Å². The number of amides is 1. The van der Waals surface area contributed by atoms with Gasteiger partial charge in [-0.3, -0.25) is 4.79 Å². The normalized spacial score (nSPS) is 10.8. The van der Waals surface area contributed by atoms with Crippen LogP contribution in [0, 0.1) is 0 Å². The molecule has 0 heterocycles. The molecule has 1 N–H and O–H groups in total. The molecule has 0 aliphatic rings. The van der Waals surface area contributed by atoms with Crippen molar-refractivity contribution >= 4 is 39.1 Å². The highest BCUT2D eigenvalue weighted by Gasteiger charge is 2.14. The summed E-state index contributed by atoms with van der Waals surface area (Å²) < 4.78 is 5.62. The Bertz CT molecular complexity index is 1350. The lowest BCUT2D eigenvalue weighted by Crippen LogP contribution is -2.13. The van der Waals surface area contributed by atoms with Crippen molar-refractivity contribution in [2.45, 2.75) is 0 Å². The zero-order valence-corrected chi connectivity index (χ0v) is 17.1. The first-order valence-electron chi connectivity index (χ1n) is 10.3. The Balaban J connectivity index is 1.38. The van der Waals surface area contributed by atoms with Crippen molar-refractivity contribution in [3.8, 4) is 5.75 Å². The maximum Gasteiger partial charge on any atom is 0.344 e. The van der Waals surface area contributed by atoms with E-state index in [1.165, 1.54) is 0 Å². The number of hydrogen-bond acceptors (Lipinski definition) is 3. The molecule has 5 aromatic rings. The first kappa shape index (κ1) is 19.5. The third-order valence-electron chi connectivity index (χ3n) is 5.35. The molecule has 0 unspecified atom stereocenters. The number of hydrogen-bond donors (Lipinski definition) is 1. The summed E-state index contributed by atoms with van der Waals surface area (Å²) in [6, 6.07) is 33.4. The number of esters is 1. The topological polar surface area (TPSA) is 55.4 Å². The molecule has 5 aromatic carbocycles. The van der Waals surface area contributed by atoms with Gasteiger partial charge in [0.2, 0.25) is 0 Å². The quantitative estimate of drug-likeness (QED) is 0.269. The van der Waals surface area contributed by atoms with Crippen LogP contribution in [0.3, 0.4) is 0 Å². The van der Waals surface area contributed by atoms with Gasteiger partial charge in [0.25, 0.3) is 5.91 Å². The van der Waals surface area contributed by atoms with Crippen LogP contribution in [0.5, 0.6) is 5.75 Å². The summed E-state index contributed by atoms with van der Waals surface area (Å²) in [5.74, 6) is -0.308. The summed E-state index contributed by atoms with van der Waals surface area (Å²) in [5, 5.41) is 6.59. The largest absolute Gasteiger partial charge is 0.423 e. The van der Waals surface area contributed by atoms with Gasteiger partial charge in [-0.05, 0) is 45.8 Å². The van der Waals surface area contributed by atoms with Crippen LogP contribution < -0.4 is 10.1 Å². The fourth-order valence-corrected chi connectivity index (χ4v) is 3.82. The van der Waals surface area contributed by atoms with E-state index in [2.05, 4.69) is 5.32 Å². The van der Waals surface area contributed by atoms with Crippen molar-refractivity contribution in [3.63, 3.8) is 0 Å². The summed E-state index contributed by atoms with van der Waals surface area (Å²) in [7, 11) is 0. The number of benzene rings is 5. The second-order valence-corrected chi connectivity index (χ2v) is 7.42. The van der Waals surface area contributed by atoms with Crippen LogP contribution in [-0.2, 0) is 0 Å². The third-order valence-corrected chi connectivity index (χ3v) is 5.35. The maximum atomic E-state index is 12.9. The fraction of sp³-hybridized carbons (Fsp3) is 0. The second-order valence-electron chi connectivity index (χ2n) is 7.42. The van der Waals surface area contributed by atoms with E-state index in [0.717, 1.165) is 21.5 Å². The highest BCUT2D eigenvalue weighted by atomic mass is 16.5. The van der Waals surface area contributed by atoms with Crippen LogP contribution >= 0.6 is 0 Å². The molecule has 0 atom stereocenters. The Morgan fingerprint density at radius 2 is 1.16 bits per heavy atom. The molecule has 0 aromatic heterocycles. The number of fused-ring (bicyclic) bond motifs is 2. The lowest BCUT2D eigenvalue weighted by molar-refractivity contribution is 0.0737. The Kier molecular flexibility index (Phi) is 5.10. The van der Waals surface area contributed by atoms with Gasteiger partial charge in [-0.1, -0.05) is 78.9 Å². The molecule has 0 saturated heterocycles. The number of carbonyl (C=O) groups excluding carboxylic acids is 2. The van der Waals surface area contributed by atoms with E-state index in [0.29, 0.717) is 22.6 Å². The van der Waals surface area contributed by atoms with E-state index in [1.54, 1.807) is 36.4 Å². The lowest BCUT2D eigenvalue weighted by Gasteiger charge is -2.10. The predicted molar refractivity (Wildman–Crippen MR) is 127 cm³/mol. The number of anilines is 1. The van der Waals surface area contributed by atoms with Crippen LogP contribution in [0.25, 0.3) is 21.5 Å². The average molecular weight is 417 g/mol. The number of carbonyl (C=O) groups is 2. The van der Waals surface area contributed by atoms with Gasteiger partial charge in [-0.15, -0.1) is 0 Å². The van der Waals surface area contributed by atoms with Gasteiger partial charge in [0.15, 0.2) is 0 Å². The summed E-state index contributed by atoms with van der Waals surface area (Å²) in [4.78, 5) is 25.7. The Morgan fingerprint density at radius 1 is 0.594 bits per heavy atom. The van der Waals surface area contributed by atoms with E-state index in [4.69, 9.17) is 4.74 Å². The van der Waals surface area contributed by atoms with Crippen molar-refractivity contribution in [2.75, 3.05) is 5.32 Å². The molecule has 0 aliphatic heterocycles. The van der Waals surface area contributed by atoms with E-state index >= 15 is 0 Å². The Labute approximate surface area is 185 Å². The zero-order valence-electron chi connectivity index (χ0n) is 17.1. The highest BCUT2D eigenvalue weighted by molar-refractivity contribution is 6.13. The lowest BCUT2D eigenvalue weighted by atomic mass is 10.0. The van der Waals surface area contributed by atoms with Gasteiger partial charge >= 0.3 is 5.97 Å². The number of ether oxygens (including phenoxy) is 1. The fourth-order valence-electron chi connectivity index (χ4n) is 3.82. The molecule has 0 radical (unpaired) electrons. The molecular weight excluding hydrogens is 398 g/mol. The average Bonchev–Trinajstić information content (AvgIpc) is 2.83. The number of rotatable bonds is 4. The van der Waals surface area contributed by atoms with Crippen LogP contribution in [0.2, 0.25) is 0 Å². The van der Waals surface area contributed by atoms with E-state index in [-0.39, 0.29) is 5.91 Å². The molecule has 0 aliphatic carbocycles. The zero-order chi connectivity index (χ0) is 21.9. The first-order chi connectivity index (χ1) is 15.7. The summed E-state index contributed by atoms with van der Waals surface area (Å²) in [5.41, 5.74) is 1.63. The monoisotopic (exact) mass is 417 g/mol. The molecule has 0 bridgehead atoms. The minimum Gasteiger partial charge on any atom is -0.423 e.